The molecule has 21 heavy (non-hydrogen) atoms. The number of ether oxygens (including phenoxy) is 1. The van der Waals surface area contributed by atoms with Crippen LogP contribution in [0, 0.1) is 6.92 Å². The van der Waals surface area contributed by atoms with E-state index in [4.69, 9.17) is 10.5 Å². The second-order valence-electron chi connectivity index (χ2n) is 4.79. The molecular formula is C15H13N3O3. The van der Waals surface area contributed by atoms with Crippen LogP contribution in [0.25, 0.3) is 0 Å². The molecule has 2 N–H and O–H groups in total. The highest BCUT2D eigenvalue weighted by Crippen LogP contribution is 2.38. The van der Waals surface area contributed by atoms with Gasteiger partial charge in [-0.3, -0.25) is 14.5 Å². The highest BCUT2D eigenvalue weighted by atomic mass is 16.5. The molecule has 2 aromatic rings. The Morgan fingerprint density at radius 2 is 2.19 bits per heavy atom. The predicted octanol–water partition coefficient (Wildman–Crippen LogP) is 1.63. The summed E-state index contributed by atoms with van der Waals surface area (Å²) in [6, 6.07) is 8.64. The Hall–Kier alpha value is -2.89. The zero-order valence-electron chi connectivity index (χ0n) is 11.4. The fraction of sp³-hybridized carbons (Fsp3) is 0.133. The maximum absolute atomic E-state index is 12.6. The van der Waals surface area contributed by atoms with Crippen LogP contribution in [0.5, 0.6) is 11.6 Å². The number of hydrogen-bond acceptors (Lipinski definition) is 4. The number of pyridine rings is 1. The maximum Gasteiger partial charge on any atom is 0.264 e. The molecule has 2 amide bonds. The molecule has 0 fully saturated rings. The zero-order valence-corrected chi connectivity index (χ0v) is 11.4. The number of aryl methyl sites for hydroxylation is 1. The van der Waals surface area contributed by atoms with Crippen LogP contribution in [-0.4, -0.2) is 23.3 Å². The van der Waals surface area contributed by atoms with E-state index in [1.807, 2.05) is 13.0 Å². The monoisotopic (exact) mass is 283 g/mol. The lowest BCUT2D eigenvalue weighted by Crippen LogP contribution is -2.38. The second kappa shape index (κ2) is 4.90. The third-order valence-corrected chi connectivity index (χ3v) is 3.17. The molecule has 0 aliphatic carbocycles. The van der Waals surface area contributed by atoms with Crippen molar-refractivity contribution in [3.63, 3.8) is 0 Å². The molecule has 1 aliphatic rings. The van der Waals surface area contributed by atoms with Crippen LogP contribution in [-0.2, 0) is 4.79 Å². The quantitative estimate of drug-likeness (QED) is 0.907. The number of hydrogen-bond donors (Lipinski definition) is 1. The minimum absolute atomic E-state index is 0.215. The summed E-state index contributed by atoms with van der Waals surface area (Å²) in [5.41, 5.74) is 7.02. The molecule has 0 spiro atoms. The van der Waals surface area contributed by atoms with Gasteiger partial charge < -0.3 is 10.5 Å². The SMILES string of the molecule is Cc1ccc2c(c1)N(CC(N)=O)C(=O)c1cccnc1O2. The number of primary amides is 1. The topological polar surface area (TPSA) is 85.5 Å². The van der Waals surface area contributed by atoms with E-state index in [9.17, 15) is 9.59 Å². The van der Waals surface area contributed by atoms with Crippen molar-refractivity contribution in [1.29, 1.82) is 0 Å². The highest BCUT2D eigenvalue weighted by Gasteiger charge is 2.29. The van der Waals surface area contributed by atoms with Crippen molar-refractivity contribution in [3.05, 3.63) is 47.7 Å². The summed E-state index contributed by atoms with van der Waals surface area (Å²) in [7, 11) is 0. The van der Waals surface area contributed by atoms with Gasteiger partial charge in [0.15, 0.2) is 5.75 Å². The van der Waals surface area contributed by atoms with Crippen LogP contribution < -0.4 is 15.4 Å². The number of anilines is 1. The number of amides is 2. The van der Waals surface area contributed by atoms with Gasteiger partial charge in [0.1, 0.15) is 12.1 Å². The van der Waals surface area contributed by atoms with Gasteiger partial charge in [0.05, 0.1) is 5.69 Å². The van der Waals surface area contributed by atoms with Crippen molar-refractivity contribution in [2.75, 3.05) is 11.4 Å². The fourth-order valence-electron chi connectivity index (χ4n) is 2.23. The first-order chi connectivity index (χ1) is 10.1. The van der Waals surface area contributed by atoms with Gasteiger partial charge in [-0.25, -0.2) is 4.98 Å². The van der Waals surface area contributed by atoms with Crippen LogP contribution in [0.4, 0.5) is 5.69 Å². The standard InChI is InChI=1S/C15H13N3O3/c1-9-4-5-12-11(7-9)18(8-13(16)19)15(20)10-3-2-6-17-14(10)21-12/h2-7H,8H2,1H3,(H2,16,19). The predicted molar refractivity (Wildman–Crippen MR) is 76.4 cm³/mol. The average Bonchev–Trinajstić information content (AvgIpc) is 2.56. The first kappa shape index (κ1) is 13.1. The molecule has 0 saturated heterocycles. The van der Waals surface area contributed by atoms with E-state index >= 15 is 0 Å². The maximum atomic E-state index is 12.6. The van der Waals surface area contributed by atoms with Gasteiger partial charge in [-0.15, -0.1) is 0 Å². The molecule has 0 bridgehead atoms. The Balaban J connectivity index is 2.21. The molecule has 6 heteroatoms. The largest absolute Gasteiger partial charge is 0.436 e. The number of carbonyl (C=O) groups is 2. The lowest BCUT2D eigenvalue weighted by Gasteiger charge is -2.20. The summed E-state index contributed by atoms with van der Waals surface area (Å²) in [6.07, 6.45) is 1.55. The fourth-order valence-corrected chi connectivity index (χ4v) is 2.23. The van der Waals surface area contributed by atoms with Gasteiger partial charge in [-0.2, -0.15) is 0 Å². The van der Waals surface area contributed by atoms with Crippen molar-refractivity contribution < 1.29 is 14.3 Å². The molecular weight excluding hydrogens is 270 g/mol. The molecule has 6 nitrogen and oxygen atoms in total. The van der Waals surface area contributed by atoms with Crippen molar-refractivity contribution in [2.45, 2.75) is 6.92 Å². The lowest BCUT2D eigenvalue weighted by molar-refractivity contribution is -0.116. The molecule has 1 aromatic carbocycles. The van der Waals surface area contributed by atoms with Gasteiger partial charge in [0, 0.05) is 6.20 Å². The summed E-state index contributed by atoms with van der Waals surface area (Å²) >= 11 is 0. The van der Waals surface area contributed by atoms with Gasteiger partial charge in [0.2, 0.25) is 11.8 Å². The molecule has 3 rings (SSSR count). The third-order valence-electron chi connectivity index (χ3n) is 3.17. The molecule has 2 heterocycles. The first-order valence-corrected chi connectivity index (χ1v) is 6.40. The van der Waals surface area contributed by atoms with Crippen LogP contribution in [0.15, 0.2) is 36.5 Å². The van der Waals surface area contributed by atoms with Crippen LogP contribution in [0.1, 0.15) is 15.9 Å². The van der Waals surface area contributed by atoms with E-state index < -0.39 is 5.91 Å². The molecule has 1 aliphatic heterocycles. The smallest absolute Gasteiger partial charge is 0.264 e. The van der Waals surface area contributed by atoms with Crippen molar-refractivity contribution in [1.82, 2.24) is 4.98 Å². The third kappa shape index (κ3) is 2.31. The van der Waals surface area contributed by atoms with Crippen molar-refractivity contribution >= 4 is 17.5 Å². The Kier molecular flexibility index (Phi) is 3.06. The summed E-state index contributed by atoms with van der Waals surface area (Å²) in [6.45, 7) is 1.68. The lowest BCUT2D eigenvalue weighted by atomic mass is 10.1. The minimum atomic E-state index is -0.594. The number of nitrogens with zero attached hydrogens (tertiary/aromatic N) is 2. The summed E-state index contributed by atoms with van der Waals surface area (Å²) < 4.78 is 5.71. The summed E-state index contributed by atoms with van der Waals surface area (Å²) in [5, 5.41) is 0. The molecule has 0 atom stereocenters. The van der Waals surface area contributed by atoms with Crippen molar-refractivity contribution in [2.24, 2.45) is 5.73 Å². The first-order valence-electron chi connectivity index (χ1n) is 6.40. The Morgan fingerprint density at radius 1 is 1.38 bits per heavy atom. The van der Waals surface area contributed by atoms with Crippen LogP contribution >= 0.6 is 0 Å². The number of rotatable bonds is 2. The molecule has 0 unspecified atom stereocenters. The van der Waals surface area contributed by atoms with Crippen LogP contribution in [0.2, 0.25) is 0 Å². The minimum Gasteiger partial charge on any atom is -0.436 e. The van der Waals surface area contributed by atoms with Gasteiger partial charge in [-0.05, 0) is 36.8 Å². The van der Waals surface area contributed by atoms with E-state index in [2.05, 4.69) is 4.98 Å². The van der Waals surface area contributed by atoms with E-state index in [0.29, 0.717) is 17.0 Å². The van der Waals surface area contributed by atoms with E-state index in [0.717, 1.165) is 5.56 Å². The second-order valence-corrected chi connectivity index (χ2v) is 4.79. The highest BCUT2D eigenvalue weighted by molar-refractivity contribution is 6.11. The molecule has 0 radical (unpaired) electrons. The Bertz CT molecular complexity index is 743. The summed E-state index contributed by atoms with van der Waals surface area (Å²) in [4.78, 5) is 29.3. The summed E-state index contributed by atoms with van der Waals surface area (Å²) in [5.74, 6) is -0.267. The molecule has 106 valence electrons. The average molecular weight is 283 g/mol. The van der Waals surface area contributed by atoms with Crippen LogP contribution in [0.3, 0.4) is 0 Å². The number of benzene rings is 1. The number of aromatic nitrogens is 1. The Labute approximate surface area is 121 Å². The van der Waals surface area contributed by atoms with Gasteiger partial charge in [0.25, 0.3) is 5.91 Å². The van der Waals surface area contributed by atoms with Gasteiger partial charge >= 0.3 is 0 Å². The zero-order chi connectivity index (χ0) is 15.0. The number of carbonyl (C=O) groups excluding carboxylic acids is 2. The van der Waals surface area contributed by atoms with Crippen molar-refractivity contribution in [3.8, 4) is 11.6 Å². The molecule has 1 aromatic heterocycles. The molecule has 0 saturated carbocycles. The normalized spacial score (nSPS) is 13.0. The number of nitrogens with two attached hydrogens (primary N) is 1. The van der Waals surface area contributed by atoms with Gasteiger partial charge in [-0.1, -0.05) is 6.07 Å². The van der Waals surface area contributed by atoms with E-state index in [-0.39, 0.29) is 18.3 Å². The van der Waals surface area contributed by atoms with E-state index in [1.165, 1.54) is 4.90 Å². The Morgan fingerprint density at radius 3 is 2.95 bits per heavy atom. The van der Waals surface area contributed by atoms with E-state index in [1.54, 1.807) is 30.5 Å². The number of fused-ring (bicyclic) bond motifs is 2.